The molecule has 0 bridgehead atoms. The van der Waals surface area contributed by atoms with Gasteiger partial charge in [-0.1, -0.05) is 31.4 Å². The zero-order valence-electron chi connectivity index (χ0n) is 15.9. The molecule has 1 aliphatic carbocycles. The average molecular weight is 381 g/mol. The fourth-order valence-corrected chi connectivity index (χ4v) is 3.29. The molecule has 5 nitrogen and oxygen atoms in total. The molecule has 0 saturated heterocycles. The third-order valence-corrected chi connectivity index (χ3v) is 4.95. The summed E-state index contributed by atoms with van der Waals surface area (Å²) >= 11 is 0. The van der Waals surface area contributed by atoms with Gasteiger partial charge in [0, 0.05) is 17.2 Å². The number of benzene rings is 2. The van der Waals surface area contributed by atoms with E-state index < -0.39 is 0 Å². The van der Waals surface area contributed by atoms with E-state index >= 15 is 0 Å². The molecule has 1 aliphatic rings. The minimum atomic E-state index is -0.388. The lowest BCUT2D eigenvalue weighted by Gasteiger charge is -2.19. The van der Waals surface area contributed by atoms with Crippen LogP contribution in [0, 0.1) is 11.7 Å². The van der Waals surface area contributed by atoms with Crippen LogP contribution in [0.3, 0.4) is 0 Å². The second-order valence-corrected chi connectivity index (χ2v) is 7.05. The highest BCUT2D eigenvalue weighted by Gasteiger charge is 2.20. The van der Waals surface area contributed by atoms with Gasteiger partial charge in [-0.25, -0.2) is 9.82 Å². The summed E-state index contributed by atoms with van der Waals surface area (Å²) in [5.41, 5.74) is 5.08. The van der Waals surface area contributed by atoms with E-state index in [1.165, 1.54) is 30.7 Å². The first-order valence-electron chi connectivity index (χ1n) is 9.54. The number of carbonyl (C=O) groups excluding carboxylic acids is 2. The van der Waals surface area contributed by atoms with Crippen molar-refractivity contribution in [2.75, 3.05) is 5.32 Å². The summed E-state index contributed by atoms with van der Waals surface area (Å²) in [6, 6.07) is 12.6. The first-order valence-corrected chi connectivity index (χ1v) is 9.54. The van der Waals surface area contributed by atoms with Crippen molar-refractivity contribution < 1.29 is 14.0 Å². The van der Waals surface area contributed by atoms with Crippen molar-refractivity contribution >= 4 is 23.2 Å². The van der Waals surface area contributed by atoms with Crippen molar-refractivity contribution in [1.82, 2.24) is 5.43 Å². The third kappa shape index (κ3) is 5.25. The van der Waals surface area contributed by atoms with Gasteiger partial charge in [-0.2, -0.15) is 5.10 Å². The lowest BCUT2D eigenvalue weighted by molar-refractivity contribution is -0.125. The van der Waals surface area contributed by atoms with Gasteiger partial charge in [0.25, 0.3) is 5.91 Å². The summed E-state index contributed by atoms with van der Waals surface area (Å²) in [6.45, 7) is 1.81. The summed E-state index contributed by atoms with van der Waals surface area (Å²) in [7, 11) is 0. The molecule has 6 heteroatoms. The Balaban J connectivity index is 1.63. The quantitative estimate of drug-likeness (QED) is 0.591. The van der Waals surface area contributed by atoms with Gasteiger partial charge < -0.3 is 5.32 Å². The van der Waals surface area contributed by atoms with Gasteiger partial charge in [0.05, 0.1) is 5.71 Å². The van der Waals surface area contributed by atoms with Crippen LogP contribution < -0.4 is 10.7 Å². The molecule has 2 amide bonds. The van der Waals surface area contributed by atoms with Crippen LogP contribution in [0.25, 0.3) is 0 Å². The van der Waals surface area contributed by atoms with E-state index in [1.54, 1.807) is 18.2 Å². The predicted molar refractivity (Wildman–Crippen MR) is 108 cm³/mol. The van der Waals surface area contributed by atoms with E-state index in [-0.39, 0.29) is 23.5 Å². The largest absolute Gasteiger partial charge is 0.322 e. The average Bonchev–Trinajstić information content (AvgIpc) is 2.73. The first kappa shape index (κ1) is 19.7. The minimum Gasteiger partial charge on any atom is -0.322 e. The van der Waals surface area contributed by atoms with Crippen LogP contribution in [0.15, 0.2) is 53.6 Å². The number of carbonyl (C=O) groups is 2. The van der Waals surface area contributed by atoms with E-state index in [9.17, 15) is 14.0 Å². The number of hydrogen-bond acceptors (Lipinski definition) is 3. The van der Waals surface area contributed by atoms with Crippen molar-refractivity contribution in [2.24, 2.45) is 11.0 Å². The first-order chi connectivity index (χ1) is 13.5. The predicted octanol–water partition coefficient (Wildman–Crippen LogP) is 4.50. The summed E-state index contributed by atoms with van der Waals surface area (Å²) in [5.74, 6) is -0.690. The Labute approximate surface area is 164 Å². The van der Waals surface area contributed by atoms with Crippen LogP contribution in [0.5, 0.6) is 0 Å². The number of anilines is 1. The zero-order valence-corrected chi connectivity index (χ0v) is 15.9. The smallest absolute Gasteiger partial charge is 0.255 e. The monoisotopic (exact) mass is 381 g/mol. The van der Waals surface area contributed by atoms with Gasteiger partial charge in [-0.15, -0.1) is 0 Å². The van der Waals surface area contributed by atoms with Crippen molar-refractivity contribution in [2.45, 2.75) is 39.0 Å². The van der Waals surface area contributed by atoms with Crippen molar-refractivity contribution in [1.29, 1.82) is 0 Å². The second kappa shape index (κ2) is 9.26. The highest BCUT2D eigenvalue weighted by molar-refractivity contribution is 6.05. The van der Waals surface area contributed by atoms with E-state index in [2.05, 4.69) is 15.8 Å². The van der Waals surface area contributed by atoms with Gasteiger partial charge in [-0.05, 0) is 61.7 Å². The number of amides is 2. The van der Waals surface area contributed by atoms with Gasteiger partial charge in [-0.3, -0.25) is 9.59 Å². The Morgan fingerprint density at radius 2 is 1.71 bits per heavy atom. The summed E-state index contributed by atoms with van der Waals surface area (Å²) in [5, 5.41) is 7.01. The molecule has 0 spiro atoms. The van der Waals surface area contributed by atoms with Crippen LogP contribution >= 0.6 is 0 Å². The molecular formula is C22H24FN3O2. The Morgan fingerprint density at radius 1 is 1.00 bits per heavy atom. The van der Waals surface area contributed by atoms with Crippen LogP contribution in [0.2, 0.25) is 0 Å². The van der Waals surface area contributed by atoms with E-state index in [4.69, 9.17) is 0 Å². The van der Waals surface area contributed by atoms with Crippen molar-refractivity contribution in [3.63, 3.8) is 0 Å². The van der Waals surface area contributed by atoms with Crippen molar-refractivity contribution in [3.05, 3.63) is 65.5 Å². The molecule has 0 unspecified atom stereocenters. The molecular weight excluding hydrogens is 357 g/mol. The number of rotatable bonds is 5. The lowest BCUT2D eigenvalue weighted by atomic mass is 9.89. The van der Waals surface area contributed by atoms with Crippen LogP contribution in [0.4, 0.5) is 10.1 Å². The molecule has 0 heterocycles. The Morgan fingerprint density at radius 3 is 2.43 bits per heavy atom. The minimum absolute atomic E-state index is 0.0279. The third-order valence-electron chi connectivity index (χ3n) is 4.95. The van der Waals surface area contributed by atoms with Crippen molar-refractivity contribution in [3.8, 4) is 0 Å². The number of nitrogens with one attached hydrogen (secondary N) is 2. The molecule has 0 aromatic heterocycles. The number of hydrogen-bond donors (Lipinski definition) is 2. The molecule has 0 aliphatic heterocycles. The Bertz CT molecular complexity index is 872. The highest BCUT2D eigenvalue weighted by Crippen LogP contribution is 2.23. The molecule has 0 radical (unpaired) electrons. The molecule has 1 fully saturated rings. The van der Waals surface area contributed by atoms with Gasteiger partial charge >= 0.3 is 0 Å². The van der Waals surface area contributed by atoms with Gasteiger partial charge in [0.1, 0.15) is 5.82 Å². The van der Waals surface area contributed by atoms with Crippen LogP contribution in [-0.2, 0) is 4.79 Å². The number of nitrogens with zero attached hydrogens (tertiary/aromatic N) is 1. The standard InChI is InChI=1S/C22H24FN3O2/c1-15(25-26-22(28)16-6-3-2-4-7-16)18-8-5-9-20(14-18)24-21(27)17-10-12-19(23)13-11-17/h5,8-14,16H,2-4,6-7H2,1H3,(H,24,27)(H,26,28)/b25-15-. The van der Waals surface area contributed by atoms with E-state index in [1.807, 2.05) is 13.0 Å². The Kier molecular flexibility index (Phi) is 6.53. The summed E-state index contributed by atoms with van der Waals surface area (Å²) in [4.78, 5) is 24.5. The fraction of sp³-hybridized carbons (Fsp3) is 0.318. The topological polar surface area (TPSA) is 70.6 Å². The van der Waals surface area contributed by atoms with Gasteiger partial charge in [0.15, 0.2) is 0 Å². The van der Waals surface area contributed by atoms with Crippen LogP contribution in [0.1, 0.15) is 54.9 Å². The maximum atomic E-state index is 13.0. The second-order valence-electron chi connectivity index (χ2n) is 7.05. The molecule has 0 atom stereocenters. The molecule has 146 valence electrons. The fourth-order valence-electron chi connectivity index (χ4n) is 3.29. The summed E-state index contributed by atoms with van der Waals surface area (Å²) in [6.07, 6.45) is 5.23. The number of hydrazone groups is 1. The Hall–Kier alpha value is -3.02. The zero-order chi connectivity index (χ0) is 19.9. The maximum Gasteiger partial charge on any atom is 0.255 e. The molecule has 3 rings (SSSR count). The molecule has 1 saturated carbocycles. The van der Waals surface area contributed by atoms with E-state index in [0.29, 0.717) is 17.0 Å². The van der Waals surface area contributed by atoms with E-state index in [0.717, 1.165) is 31.2 Å². The molecule has 2 aromatic carbocycles. The van der Waals surface area contributed by atoms with Crippen LogP contribution in [-0.4, -0.2) is 17.5 Å². The lowest BCUT2D eigenvalue weighted by Crippen LogP contribution is -2.29. The SMILES string of the molecule is C/C(=N/NC(=O)C1CCCCC1)c1cccc(NC(=O)c2ccc(F)cc2)c1. The highest BCUT2D eigenvalue weighted by atomic mass is 19.1. The van der Waals surface area contributed by atoms with Gasteiger partial charge in [0.2, 0.25) is 5.91 Å². The normalized spacial score (nSPS) is 15.1. The maximum absolute atomic E-state index is 13.0. The number of halogens is 1. The molecule has 2 N–H and O–H groups in total. The molecule has 2 aromatic rings. The molecule has 28 heavy (non-hydrogen) atoms. The summed E-state index contributed by atoms with van der Waals surface area (Å²) < 4.78 is 13.0.